The van der Waals surface area contributed by atoms with E-state index in [1.165, 1.54) is 4.31 Å². The van der Waals surface area contributed by atoms with Crippen molar-refractivity contribution in [3.63, 3.8) is 0 Å². The van der Waals surface area contributed by atoms with Crippen LogP contribution in [0.5, 0.6) is 5.75 Å². The molecule has 1 aliphatic rings. The van der Waals surface area contributed by atoms with Crippen molar-refractivity contribution in [2.24, 2.45) is 5.92 Å². The quantitative estimate of drug-likeness (QED) is 0.697. The predicted octanol–water partition coefficient (Wildman–Crippen LogP) is 3.26. The van der Waals surface area contributed by atoms with Crippen molar-refractivity contribution in [3.8, 4) is 5.75 Å². The third-order valence-electron chi connectivity index (χ3n) is 5.87. The Labute approximate surface area is 196 Å². The van der Waals surface area contributed by atoms with Gasteiger partial charge in [0.25, 0.3) is 5.91 Å². The number of nitrogens with zero attached hydrogens (tertiary/aromatic N) is 2. The number of fused-ring (bicyclic) bond motifs is 1. The van der Waals surface area contributed by atoms with Gasteiger partial charge in [0.1, 0.15) is 16.7 Å². The fourth-order valence-corrected chi connectivity index (χ4v) is 5.74. The minimum Gasteiger partial charge on any atom is -0.487 e. The van der Waals surface area contributed by atoms with Gasteiger partial charge in [0.15, 0.2) is 0 Å². The molecular formula is C25H32N2O5S. The molecule has 0 saturated carbocycles. The Morgan fingerprint density at radius 3 is 2.61 bits per heavy atom. The number of carbonyl (C=O) groups is 1. The topological polar surface area (TPSA) is 87.2 Å². The molecule has 8 heteroatoms. The number of aliphatic hydroxyl groups is 1. The van der Waals surface area contributed by atoms with Crippen LogP contribution in [0.3, 0.4) is 0 Å². The maximum Gasteiger partial charge on any atom is 0.253 e. The monoisotopic (exact) mass is 472 g/mol. The van der Waals surface area contributed by atoms with Gasteiger partial charge >= 0.3 is 0 Å². The molecule has 3 atom stereocenters. The second-order valence-corrected chi connectivity index (χ2v) is 10.4. The molecule has 178 valence electrons. The molecule has 33 heavy (non-hydrogen) atoms. The maximum atomic E-state index is 13.5. The molecular weight excluding hydrogens is 440 g/mol. The summed E-state index contributed by atoms with van der Waals surface area (Å²) in [7, 11) is -2.17. The van der Waals surface area contributed by atoms with Gasteiger partial charge in [-0.3, -0.25) is 4.79 Å². The lowest BCUT2D eigenvalue weighted by molar-refractivity contribution is 0.0563. The second kappa shape index (κ2) is 10.5. The van der Waals surface area contributed by atoms with Gasteiger partial charge in [0, 0.05) is 31.1 Å². The fraction of sp³-hybridized carbons (Fsp3) is 0.400. The van der Waals surface area contributed by atoms with Crippen LogP contribution in [0.2, 0.25) is 0 Å². The van der Waals surface area contributed by atoms with Crippen molar-refractivity contribution in [1.82, 2.24) is 9.21 Å². The fourth-order valence-electron chi connectivity index (χ4n) is 3.91. The van der Waals surface area contributed by atoms with Gasteiger partial charge in [-0.2, -0.15) is 4.31 Å². The highest BCUT2D eigenvalue weighted by Gasteiger charge is 2.38. The Morgan fingerprint density at radius 1 is 1.27 bits per heavy atom. The first-order valence-electron chi connectivity index (χ1n) is 11.1. The smallest absolute Gasteiger partial charge is 0.253 e. The summed E-state index contributed by atoms with van der Waals surface area (Å²) in [5, 5.41) is 9.74. The van der Waals surface area contributed by atoms with Crippen LogP contribution in [0, 0.1) is 5.92 Å². The van der Waals surface area contributed by atoms with Crippen LogP contribution in [0.25, 0.3) is 6.08 Å². The molecule has 2 aromatic carbocycles. The maximum absolute atomic E-state index is 13.5. The zero-order valence-corrected chi connectivity index (χ0v) is 20.3. The number of amides is 1. The van der Waals surface area contributed by atoms with E-state index in [0.717, 1.165) is 5.56 Å². The van der Waals surface area contributed by atoms with Crippen molar-refractivity contribution >= 4 is 22.0 Å². The molecule has 2 aromatic rings. The van der Waals surface area contributed by atoms with Crippen LogP contribution in [-0.4, -0.2) is 67.5 Å². The van der Waals surface area contributed by atoms with Crippen molar-refractivity contribution < 1.29 is 23.1 Å². The van der Waals surface area contributed by atoms with Crippen LogP contribution < -0.4 is 4.74 Å². The van der Waals surface area contributed by atoms with Crippen molar-refractivity contribution in [2.45, 2.75) is 37.8 Å². The average molecular weight is 473 g/mol. The standard InChI is InChI=1S/C25H32N2O5S/c1-5-9-20-12-13-24-22(14-20)32-23(16-26(4)25(29)21-10-7-6-8-11-21)18(2)15-27(19(3)17-28)33(24,30)31/h5-14,18-19,23,28H,15-17H2,1-4H3/b9-5+/t18-,19-,23-/m0/s1. The molecule has 0 radical (unpaired) electrons. The molecule has 0 unspecified atom stereocenters. The Balaban J connectivity index is 2.01. The summed E-state index contributed by atoms with van der Waals surface area (Å²) < 4.78 is 34.6. The first kappa shape index (κ1) is 25.0. The molecule has 7 nitrogen and oxygen atoms in total. The van der Waals surface area contributed by atoms with E-state index in [1.54, 1.807) is 49.2 Å². The van der Waals surface area contributed by atoms with E-state index >= 15 is 0 Å². The highest BCUT2D eigenvalue weighted by atomic mass is 32.2. The van der Waals surface area contributed by atoms with E-state index < -0.39 is 22.2 Å². The van der Waals surface area contributed by atoms with Gasteiger partial charge in [0.2, 0.25) is 10.0 Å². The van der Waals surface area contributed by atoms with Gasteiger partial charge in [-0.15, -0.1) is 0 Å². The van der Waals surface area contributed by atoms with Gasteiger partial charge in [-0.1, -0.05) is 43.3 Å². The summed E-state index contributed by atoms with van der Waals surface area (Å²) in [6.45, 7) is 5.62. The number of sulfonamides is 1. The lowest BCUT2D eigenvalue weighted by atomic mass is 10.0. The molecule has 1 heterocycles. The molecule has 0 aliphatic carbocycles. The number of aliphatic hydroxyl groups excluding tert-OH is 1. The summed E-state index contributed by atoms with van der Waals surface area (Å²) in [5.41, 5.74) is 1.39. The summed E-state index contributed by atoms with van der Waals surface area (Å²) in [6.07, 6.45) is 3.28. The Morgan fingerprint density at radius 2 is 1.97 bits per heavy atom. The number of benzene rings is 2. The Bertz CT molecular complexity index is 1100. The first-order chi connectivity index (χ1) is 15.7. The summed E-state index contributed by atoms with van der Waals surface area (Å²) in [6, 6.07) is 13.4. The van der Waals surface area contributed by atoms with Crippen molar-refractivity contribution in [1.29, 1.82) is 0 Å². The van der Waals surface area contributed by atoms with Crippen molar-refractivity contribution in [2.75, 3.05) is 26.7 Å². The SMILES string of the molecule is C/C=C/c1ccc2c(c1)O[C@@H](CN(C)C(=O)c1ccccc1)[C@@H](C)CN([C@@H](C)CO)S2(=O)=O. The van der Waals surface area contributed by atoms with Crippen LogP contribution in [0.1, 0.15) is 36.7 Å². The average Bonchev–Trinajstić information content (AvgIpc) is 2.81. The van der Waals surface area contributed by atoms with Gasteiger partial charge in [0.05, 0.1) is 13.2 Å². The minimum absolute atomic E-state index is 0.0602. The van der Waals surface area contributed by atoms with E-state index in [4.69, 9.17) is 4.74 Å². The second-order valence-electron chi connectivity index (χ2n) is 8.50. The van der Waals surface area contributed by atoms with E-state index in [9.17, 15) is 18.3 Å². The normalized spacial score (nSPS) is 21.5. The summed E-state index contributed by atoms with van der Waals surface area (Å²) >= 11 is 0. The highest BCUT2D eigenvalue weighted by Crippen LogP contribution is 2.34. The van der Waals surface area contributed by atoms with E-state index in [-0.39, 0.29) is 42.2 Å². The van der Waals surface area contributed by atoms with Gasteiger partial charge in [-0.05, 0) is 43.7 Å². The van der Waals surface area contributed by atoms with Crippen LogP contribution in [0.4, 0.5) is 0 Å². The number of hydrogen-bond acceptors (Lipinski definition) is 5. The predicted molar refractivity (Wildman–Crippen MR) is 129 cm³/mol. The molecule has 0 fully saturated rings. The zero-order chi connectivity index (χ0) is 24.2. The summed E-state index contributed by atoms with van der Waals surface area (Å²) in [4.78, 5) is 14.6. The highest BCUT2D eigenvalue weighted by molar-refractivity contribution is 7.89. The minimum atomic E-state index is -3.89. The largest absolute Gasteiger partial charge is 0.487 e. The van der Waals surface area contributed by atoms with E-state index in [0.29, 0.717) is 5.56 Å². The number of likely N-dealkylation sites (N-methyl/N-ethyl adjacent to an activating group) is 1. The number of carbonyl (C=O) groups excluding carboxylic acids is 1. The molecule has 0 saturated heterocycles. The van der Waals surface area contributed by atoms with Crippen LogP contribution in [0.15, 0.2) is 59.5 Å². The molecule has 0 bridgehead atoms. The molecule has 0 aromatic heterocycles. The van der Waals surface area contributed by atoms with Gasteiger partial charge in [-0.25, -0.2) is 8.42 Å². The third kappa shape index (κ3) is 5.46. The number of hydrogen-bond donors (Lipinski definition) is 1. The number of rotatable bonds is 6. The first-order valence-corrected chi connectivity index (χ1v) is 12.5. The Hall–Kier alpha value is -2.68. The van der Waals surface area contributed by atoms with Crippen LogP contribution >= 0.6 is 0 Å². The molecule has 1 aliphatic heterocycles. The number of allylic oxidation sites excluding steroid dienone is 1. The third-order valence-corrected chi connectivity index (χ3v) is 7.89. The summed E-state index contributed by atoms with van der Waals surface area (Å²) in [5.74, 6) is -0.124. The molecule has 3 rings (SSSR count). The zero-order valence-electron chi connectivity index (χ0n) is 19.5. The van der Waals surface area contributed by atoms with Crippen LogP contribution in [-0.2, 0) is 10.0 Å². The van der Waals surface area contributed by atoms with Gasteiger partial charge < -0.3 is 14.7 Å². The lowest BCUT2D eigenvalue weighted by Gasteiger charge is -2.37. The van der Waals surface area contributed by atoms with Crippen molar-refractivity contribution in [3.05, 3.63) is 65.7 Å². The van der Waals surface area contributed by atoms with E-state index in [1.807, 2.05) is 44.2 Å². The number of ether oxygens (including phenoxy) is 1. The van der Waals surface area contributed by atoms with E-state index in [2.05, 4.69) is 0 Å². The molecule has 0 spiro atoms. The molecule has 1 N–H and O–H groups in total. The molecule has 1 amide bonds. The Kier molecular flexibility index (Phi) is 7.94. The lowest BCUT2D eigenvalue weighted by Crippen LogP contribution is -2.50.